The maximum Gasteiger partial charge on any atom is 0.241 e. The molecule has 0 radical (unpaired) electrons. The van der Waals surface area contributed by atoms with Crippen LogP contribution >= 0.6 is 0 Å². The van der Waals surface area contributed by atoms with Gasteiger partial charge in [-0.2, -0.15) is 0 Å². The van der Waals surface area contributed by atoms with Crippen molar-refractivity contribution in [3.05, 3.63) is 54.1 Å². The average molecular weight is 351 g/mol. The van der Waals surface area contributed by atoms with Crippen LogP contribution in [0.4, 0.5) is 11.4 Å². The van der Waals surface area contributed by atoms with E-state index in [2.05, 4.69) is 34.1 Å². The molecule has 0 bridgehead atoms. The molecular weight excluding hydrogens is 326 g/mol. The van der Waals surface area contributed by atoms with Crippen LogP contribution in [0.1, 0.15) is 5.56 Å². The maximum atomic E-state index is 12.8. The van der Waals surface area contributed by atoms with Gasteiger partial charge in [0.15, 0.2) is 0 Å². The number of rotatable bonds is 4. The molecule has 0 aliphatic carbocycles. The molecule has 1 fully saturated rings. The quantitative estimate of drug-likeness (QED) is 0.848. The zero-order chi connectivity index (χ0) is 17.9. The van der Waals surface area contributed by atoms with Gasteiger partial charge in [0.25, 0.3) is 0 Å². The predicted molar refractivity (Wildman–Crippen MR) is 104 cm³/mol. The molecule has 2 aromatic rings. The topological polar surface area (TPSA) is 36.0 Å². The van der Waals surface area contributed by atoms with Crippen LogP contribution in [0.2, 0.25) is 0 Å². The summed E-state index contributed by atoms with van der Waals surface area (Å²) in [5.41, 5.74) is 3.59. The van der Waals surface area contributed by atoms with Crippen molar-refractivity contribution in [3.63, 3.8) is 0 Å². The third-order valence-electron chi connectivity index (χ3n) is 5.36. The van der Waals surface area contributed by atoms with Gasteiger partial charge in [-0.3, -0.25) is 9.69 Å². The second-order valence-corrected chi connectivity index (χ2v) is 6.89. The number of benzene rings is 2. The van der Waals surface area contributed by atoms with Gasteiger partial charge in [0.05, 0.1) is 13.7 Å². The number of fused-ring (bicyclic) bond motifs is 1. The zero-order valence-electron chi connectivity index (χ0n) is 15.2. The standard InChI is InChI=1S/C21H25N3O2/c1-26-19-8-6-18(7-9-19)23-14-12-22(13-15-23)16-21(25)24-11-10-17-4-2-3-5-20(17)24/h2-9H,10-16H2,1H3. The van der Waals surface area contributed by atoms with Crippen molar-refractivity contribution in [2.45, 2.75) is 6.42 Å². The van der Waals surface area contributed by atoms with Gasteiger partial charge in [-0.25, -0.2) is 0 Å². The Hall–Kier alpha value is -2.53. The number of hydrogen-bond donors (Lipinski definition) is 0. The minimum atomic E-state index is 0.216. The lowest BCUT2D eigenvalue weighted by Gasteiger charge is -2.36. The van der Waals surface area contributed by atoms with Crippen LogP contribution in [-0.4, -0.2) is 57.2 Å². The molecule has 26 heavy (non-hydrogen) atoms. The number of carbonyl (C=O) groups excluding carboxylic acids is 1. The molecule has 0 N–H and O–H groups in total. The smallest absolute Gasteiger partial charge is 0.241 e. The van der Waals surface area contributed by atoms with E-state index in [9.17, 15) is 4.79 Å². The lowest BCUT2D eigenvalue weighted by molar-refractivity contribution is -0.119. The van der Waals surface area contributed by atoms with Gasteiger partial charge in [0, 0.05) is 44.1 Å². The third kappa shape index (κ3) is 3.40. The first kappa shape index (κ1) is 16.9. The number of nitrogens with zero attached hydrogens (tertiary/aromatic N) is 3. The fourth-order valence-corrected chi connectivity index (χ4v) is 3.83. The molecule has 2 aliphatic rings. The van der Waals surface area contributed by atoms with E-state index >= 15 is 0 Å². The Kier molecular flexibility index (Phi) is 4.80. The van der Waals surface area contributed by atoms with Crippen molar-refractivity contribution >= 4 is 17.3 Å². The van der Waals surface area contributed by atoms with Gasteiger partial charge < -0.3 is 14.5 Å². The number of hydrogen-bond acceptors (Lipinski definition) is 4. The average Bonchev–Trinajstić information content (AvgIpc) is 3.13. The largest absolute Gasteiger partial charge is 0.497 e. The molecule has 2 aromatic carbocycles. The highest BCUT2D eigenvalue weighted by Gasteiger charge is 2.26. The number of anilines is 2. The van der Waals surface area contributed by atoms with Crippen molar-refractivity contribution in [3.8, 4) is 5.75 Å². The highest BCUT2D eigenvalue weighted by Crippen LogP contribution is 2.27. The highest BCUT2D eigenvalue weighted by molar-refractivity contribution is 5.96. The first-order valence-electron chi connectivity index (χ1n) is 9.24. The van der Waals surface area contributed by atoms with Crippen molar-refractivity contribution < 1.29 is 9.53 Å². The molecule has 136 valence electrons. The molecule has 5 nitrogen and oxygen atoms in total. The SMILES string of the molecule is COc1ccc(N2CCN(CC(=O)N3CCc4ccccc43)CC2)cc1. The molecule has 1 amide bonds. The number of para-hydroxylation sites is 1. The Morgan fingerprint density at radius 3 is 2.42 bits per heavy atom. The normalized spacial score (nSPS) is 17.3. The fourth-order valence-electron chi connectivity index (χ4n) is 3.83. The molecule has 5 heteroatoms. The lowest BCUT2D eigenvalue weighted by Crippen LogP contribution is -2.50. The monoisotopic (exact) mass is 351 g/mol. The Morgan fingerprint density at radius 1 is 0.962 bits per heavy atom. The van der Waals surface area contributed by atoms with Gasteiger partial charge in [-0.15, -0.1) is 0 Å². The predicted octanol–water partition coefficient (Wildman–Crippen LogP) is 2.41. The van der Waals surface area contributed by atoms with Gasteiger partial charge in [-0.1, -0.05) is 18.2 Å². The lowest BCUT2D eigenvalue weighted by atomic mass is 10.2. The summed E-state index contributed by atoms with van der Waals surface area (Å²) in [5, 5.41) is 0. The molecule has 0 spiro atoms. The summed E-state index contributed by atoms with van der Waals surface area (Å²) in [6, 6.07) is 16.4. The summed E-state index contributed by atoms with van der Waals surface area (Å²) in [7, 11) is 1.68. The van der Waals surface area contributed by atoms with Crippen LogP contribution < -0.4 is 14.5 Å². The molecule has 2 aliphatic heterocycles. The second kappa shape index (κ2) is 7.38. The van der Waals surface area contributed by atoms with Gasteiger partial charge in [-0.05, 0) is 42.3 Å². The van der Waals surface area contributed by atoms with Crippen LogP contribution in [0.15, 0.2) is 48.5 Å². The summed E-state index contributed by atoms with van der Waals surface area (Å²) in [6.07, 6.45) is 0.965. The van der Waals surface area contributed by atoms with Gasteiger partial charge >= 0.3 is 0 Å². The Labute approximate surface area is 154 Å². The van der Waals surface area contributed by atoms with Gasteiger partial charge in [0.1, 0.15) is 5.75 Å². The van der Waals surface area contributed by atoms with E-state index < -0.39 is 0 Å². The molecule has 4 rings (SSSR count). The Bertz CT molecular complexity index is 767. The number of methoxy groups -OCH3 is 1. The maximum absolute atomic E-state index is 12.8. The number of amides is 1. The molecular formula is C21H25N3O2. The first-order chi connectivity index (χ1) is 12.7. The number of ether oxygens (including phenoxy) is 1. The summed E-state index contributed by atoms with van der Waals surface area (Å²) in [5.74, 6) is 1.09. The Morgan fingerprint density at radius 2 is 1.69 bits per heavy atom. The van der Waals surface area contributed by atoms with E-state index in [1.165, 1.54) is 11.3 Å². The van der Waals surface area contributed by atoms with Crippen LogP contribution in [0, 0.1) is 0 Å². The molecule has 1 saturated heterocycles. The van der Waals surface area contributed by atoms with Crippen LogP contribution in [-0.2, 0) is 11.2 Å². The van der Waals surface area contributed by atoms with Gasteiger partial charge in [0.2, 0.25) is 5.91 Å². The van der Waals surface area contributed by atoms with E-state index in [0.29, 0.717) is 6.54 Å². The van der Waals surface area contributed by atoms with Crippen LogP contribution in [0.3, 0.4) is 0 Å². The number of piperazine rings is 1. The number of carbonyl (C=O) groups is 1. The molecule has 0 saturated carbocycles. The minimum Gasteiger partial charge on any atom is -0.497 e. The molecule has 0 atom stereocenters. The van der Waals surface area contributed by atoms with Crippen molar-refractivity contribution in [2.24, 2.45) is 0 Å². The second-order valence-electron chi connectivity index (χ2n) is 6.89. The minimum absolute atomic E-state index is 0.216. The summed E-state index contributed by atoms with van der Waals surface area (Å²) < 4.78 is 5.22. The third-order valence-corrected chi connectivity index (χ3v) is 5.36. The summed E-state index contributed by atoms with van der Waals surface area (Å²) in [4.78, 5) is 19.3. The van der Waals surface area contributed by atoms with E-state index in [0.717, 1.165) is 50.6 Å². The summed E-state index contributed by atoms with van der Waals surface area (Å²) >= 11 is 0. The van der Waals surface area contributed by atoms with Crippen LogP contribution in [0.25, 0.3) is 0 Å². The zero-order valence-corrected chi connectivity index (χ0v) is 15.2. The first-order valence-corrected chi connectivity index (χ1v) is 9.24. The highest BCUT2D eigenvalue weighted by atomic mass is 16.5. The summed E-state index contributed by atoms with van der Waals surface area (Å²) in [6.45, 7) is 5.02. The Balaban J connectivity index is 1.32. The molecule has 0 aromatic heterocycles. The van der Waals surface area contributed by atoms with Crippen molar-refractivity contribution in [2.75, 3.05) is 56.2 Å². The van der Waals surface area contributed by atoms with E-state index in [1.807, 2.05) is 29.2 Å². The van der Waals surface area contributed by atoms with E-state index in [-0.39, 0.29) is 5.91 Å². The fraction of sp³-hybridized carbons (Fsp3) is 0.381. The van der Waals surface area contributed by atoms with E-state index in [4.69, 9.17) is 4.74 Å². The molecule has 0 unspecified atom stereocenters. The van der Waals surface area contributed by atoms with E-state index in [1.54, 1.807) is 7.11 Å². The van der Waals surface area contributed by atoms with Crippen molar-refractivity contribution in [1.82, 2.24) is 4.90 Å². The molecule has 2 heterocycles. The van der Waals surface area contributed by atoms with Crippen LogP contribution in [0.5, 0.6) is 5.75 Å². The van der Waals surface area contributed by atoms with Crippen molar-refractivity contribution in [1.29, 1.82) is 0 Å².